The third-order valence-electron chi connectivity index (χ3n) is 4.30. The molecule has 3 nitrogen and oxygen atoms in total. The molecule has 0 amide bonds. The Morgan fingerprint density at radius 3 is 2.48 bits per heavy atom. The number of piperidine rings is 1. The molecule has 1 heterocycles. The Balaban J connectivity index is 2.01. The normalized spacial score (nSPS) is 21.9. The van der Waals surface area contributed by atoms with Crippen molar-refractivity contribution in [1.29, 1.82) is 0 Å². The van der Waals surface area contributed by atoms with E-state index in [9.17, 15) is 9.90 Å². The Bertz CT molecular complexity index is 624. The van der Waals surface area contributed by atoms with Gasteiger partial charge in [-0.3, -0.25) is 0 Å². The topological polar surface area (TPSA) is 49.3 Å². The van der Waals surface area contributed by atoms with Gasteiger partial charge in [-0.15, -0.1) is 0 Å². The molecule has 1 aliphatic rings. The number of carboxylic acids is 1. The minimum Gasteiger partial charge on any atom is -0.478 e. The Hall–Kier alpha value is -2.13. The zero-order chi connectivity index (χ0) is 14.7. The van der Waals surface area contributed by atoms with Gasteiger partial charge >= 0.3 is 5.97 Å². The largest absolute Gasteiger partial charge is 0.478 e. The first kappa shape index (κ1) is 13.8. The van der Waals surface area contributed by atoms with Crippen molar-refractivity contribution in [2.45, 2.75) is 18.3 Å². The van der Waals surface area contributed by atoms with Crippen molar-refractivity contribution < 1.29 is 9.90 Å². The number of carboxylic acid groups (broad SMARTS) is 1. The van der Waals surface area contributed by atoms with Crippen LogP contribution in [0.15, 0.2) is 54.6 Å². The van der Waals surface area contributed by atoms with Gasteiger partial charge in [0.2, 0.25) is 0 Å². The number of carbonyl (C=O) groups is 1. The number of hydrogen-bond acceptors (Lipinski definition) is 2. The van der Waals surface area contributed by atoms with Crippen molar-refractivity contribution in [3.05, 3.63) is 71.3 Å². The van der Waals surface area contributed by atoms with Crippen LogP contribution in [0.4, 0.5) is 0 Å². The average molecular weight is 281 g/mol. The number of aromatic carboxylic acids is 1. The molecule has 0 unspecified atom stereocenters. The molecule has 0 saturated carbocycles. The summed E-state index contributed by atoms with van der Waals surface area (Å²) in [5.74, 6) is -0.274. The minimum atomic E-state index is -0.844. The lowest BCUT2D eigenvalue weighted by Crippen LogP contribution is -2.34. The maximum atomic E-state index is 11.5. The molecule has 3 heteroatoms. The van der Waals surface area contributed by atoms with E-state index >= 15 is 0 Å². The van der Waals surface area contributed by atoms with Gasteiger partial charge in [0.1, 0.15) is 0 Å². The van der Waals surface area contributed by atoms with Crippen molar-refractivity contribution in [3.8, 4) is 0 Å². The number of hydrogen-bond donors (Lipinski definition) is 2. The van der Waals surface area contributed by atoms with Crippen LogP contribution >= 0.6 is 0 Å². The van der Waals surface area contributed by atoms with Crippen LogP contribution in [0.1, 0.15) is 39.7 Å². The summed E-state index contributed by atoms with van der Waals surface area (Å²) >= 11 is 0. The fourth-order valence-electron chi connectivity index (χ4n) is 3.30. The molecule has 2 atom stereocenters. The van der Waals surface area contributed by atoms with Crippen LogP contribution in [0.25, 0.3) is 0 Å². The summed E-state index contributed by atoms with van der Waals surface area (Å²) in [6.07, 6.45) is 1.03. The van der Waals surface area contributed by atoms with Gasteiger partial charge in [0, 0.05) is 12.5 Å². The van der Waals surface area contributed by atoms with Crippen molar-refractivity contribution >= 4 is 5.97 Å². The van der Waals surface area contributed by atoms with Crippen LogP contribution in [-0.4, -0.2) is 24.2 Å². The van der Waals surface area contributed by atoms with Crippen LogP contribution in [0, 0.1) is 0 Å². The van der Waals surface area contributed by atoms with Crippen LogP contribution in [-0.2, 0) is 0 Å². The molecule has 0 aromatic heterocycles. The van der Waals surface area contributed by atoms with Gasteiger partial charge < -0.3 is 10.4 Å². The van der Waals surface area contributed by atoms with E-state index in [1.54, 1.807) is 12.1 Å². The SMILES string of the molecule is O=C(O)c1ccccc1[C@@H]1CNCC[C@H]1c1ccccc1. The molecule has 0 spiro atoms. The minimum absolute atomic E-state index is 0.202. The second kappa shape index (κ2) is 6.10. The summed E-state index contributed by atoms with van der Waals surface area (Å²) in [4.78, 5) is 11.5. The lowest BCUT2D eigenvalue weighted by Gasteiger charge is -2.33. The third-order valence-corrected chi connectivity index (χ3v) is 4.30. The van der Waals surface area contributed by atoms with Crippen LogP contribution in [0.2, 0.25) is 0 Å². The monoisotopic (exact) mass is 281 g/mol. The van der Waals surface area contributed by atoms with Gasteiger partial charge in [0.05, 0.1) is 5.56 Å². The Morgan fingerprint density at radius 1 is 1.00 bits per heavy atom. The van der Waals surface area contributed by atoms with E-state index < -0.39 is 5.97 Å². The highest BCUT2D eigenvalue weighted by Gasteiger charge is 2.30. The van der Waals surface area contributed by atoms with Gasteiger partial charge in [-0.25, -0.2) is 4.79 Å². The molecule has 0 radical (unpaired) electrons. The maximum absolute atomic E-state index is 11.5. The highest BCUT2D eigenvalue weighted by Crippen LogP contribution is 2.38. The first-order chi connectivity index (χ1) is 10.3. The molecule has 108 valence electrons. The summed E-state index contributed by atoms with van der Waals surface area (Å²) in [6.45, 7) is 1.80. The van der Waals surface area contributed by atoms with Crippen LogP contribution in [0.5, 0.6) is 0 Å². The van der Waals surface area contributed by atoms with Gasteiger partial charge in [-0.05, 0) is 36.1 Å². The molecule has 21 heavy (non-hydrogen) atoms. The summed E-state index contributed by atoms with van der Waals surface area (Å²) < 4.78 is 0. The Kier molecular flexibility index (Phi) is 4.02. The van der Waals surface area contributed by atoms with Crippen LogP contribution < -0.4 is 5.32 Å². The molecule has 2 aromatic carbocycles. The van der Waals surface area contributed by atoms with E-state index in [4.69, 9.17) is 0 Å². The van der Waals surface area contributed by atoms with Gasteiger partial charge in [-0.1, -0.05) is 48.5 Å². The molecule has 0 aliphatic carbocycles. The smallest absolute Gasteiger partial charge is 0.335 e. The molecular weight excluding hydrogens is 262 g/mol. The van der Waals surface area contributed by atoms with Crippen LogP contribution in [0.3, 0.4) is 0 Å². The zero-order valence-electron chi connectivity index (χ0n) is 11.8. The van der Waals surface area contributed by atoms with Gasteiger partial charge in [-0.2, -0.15) is 0 Å². The lowest BCUT2D eigenvalue weighted by molar-refractivity contribution is 0.0694. The second-order valence-electron chi connectivity index (χ2n) is 5.51. The zero-order valence-corrected chi connectivity index (χ0v) is 11.8. The van der Waals surface area contributed by atoms with E-state index in [1.165, 1.54) is 5.56 Å². The number of nitrogens with one attached hydrogen (secondary N) is 1. The van der Waals surface area contributed by atoms with Crippen molar-refractivity contribution in [1.82, 2.24) is 5.32 Å². The lowest BCUT2D eigenvalue weighted by atomic mass is 9.76. The summed E-state index contributed by atoms with van der Waals surface area (Å²) in [5, 5.41) is 12.8. The molecular formula is C18H19NO2. The van der Waals surface area contributed by atoms with E-state index in [1.807, 2.05) is 18.2 Å². The van der Waals surface area contributed by atoms with Crippen molar-refractivity contribution in [2.24, 2.45) is 0 Å². The van der Waals surface area contributed by atoms with E-state index in [0.29, 0.717) is 11.5 Å². The summed E-state index contributed by atoms with van der Waals surface area (Å²) in [6, 6.07) is 17.8. The predicted octanol–water partition coefficient (Wildman–Crippen LogP) is 3.25. The Labute approximate surface area is 124 Å². The summed E-state index contributed by atoms with van der Waals surface area (Å²) in [7, 11) is 0. The third kappa shape index (κ3) is 2.83. The number of benzene rings is 2. The molecule has 2 aromatic rings. The van der Waals surface area contributed by atoms with E-state index in [-0.39, 0.29) is 5.92 Å². The molecule has 2 N–H and O–H groups in total. The van der Waals surface area contributed by atoms with E-state index in [0.717, 1.165) is 25.1 Å². The standard InChI is InChI=1S/C18H19NO2/c20-18(21)16-9-5-4-8-15(16)17-12-19-11-10-14(17)13-6-2-1-3-7-13/h1-9,14,17,19H,10-12H2,(H,20,21)/t14-,17+/m0/s1. The predicted molar refractivity (Wildman–Crippen MR) is 82.8 cm³/mol. The van der Waals surface area contributed by atoms with Gasteiger partial charge in [0.15, 0.2) is 0 Å². The fraction of sp³-hybridized carbons (Fsp3) is 0.278. The molecule has 1 aliphatic heterocycles. The molecule has 3 rings (SSSR count). The maximum Gasteiger partial charge on any atom is 0.335 e. The molecule has 1 saturated heterocycles. The Morgan fingerprint density at radius 2 is 1.71 bits per heavy atom. The highest BCUT2D eigenvalue weighted by atomic mass is 16.4. The number of rotatable bonds is 3. The summed E-state index contributed by atoms with van der Waals surface area (Å²) in [5.41, 5.74) is 2.65. The fourth-order valence-corrected chi connectivity index (χ4v) is 3.30. The quantitative estimate of drug-likeness (QED) is 0.908. The average Bonchev–Trinajstić information content (AvgIpc) is 2.55. The van der Waals surface area contributed by atoms with Crippen molar-refractivity contribution in [2.75, 3.05) is 13.1 Å². The van der Waals surface area contributed by atoms with Gasteiger partial charge in [0.25, 0.3) is 0 Å². The van der Waals surface area contributed by atoms with Crippen molar-refractivity contribution in [3.63, 3.8) is 0 Å². The highest BCUT2D eigenvalue weighted by molar-refractivity contribution is 5.89. The molecule has 0 bridgehead atoms. The second-order valence-corrected chi connectivity index (χ2v) is 5.51. The van der Waals surface area contributed by atoms with E-state index in [2.05, 4.69) is 29.6 Å². The first-order valence-corrected chi connectivity index (χ1v) is 7.35. The first-order valence-electron chi connectivity index (χ1n) is 7.35. The molecule has 1 fully saturated rings.